The Morgan fingerprint density at radius 3 is 2.75 bits per heavy atom. The van der Waals surface area contributed by atoms with E-state index in [4.69, 9.17) is 4.74 Å². The maximum Gasteiger partial charge on any atom is 0.364 e. The Morgan fingerprint density at radius 2 is 2.12 bits per heavy atom. The largest absolute Gasteiger partial charge is 0.494 e. The van der Waals surface area contributed by atoms with Crippen LogP contribution in [0.1, 0.15) is 5.56 Å². The first kappa shape index (κ1) is 10.3. The summed E-state index contributed by atoms with van der Waals surface area (Å²) in [6.45, 7) is 3.88. The second-order valence-electron chi connectivity index (χ2n) is 3.27. The number of aromatic nitrogens is 1. The van der Waals surface area contributed by atoms with Crippen molar-refractivity contribution in [1.29, 1.82) is 0 Å². The summed E-state index contributed by atoms with van der Waals surface area (Å²) in [5.74, 6) is 0. The maximum absolute atomic E-state index is 11.1. The Bertz CT molecular complexity index is 610. The van der Waals surface area contributed by atoms with Crippen molar-refractivity contribution in [3.05, 3.63) is 57.2 Å². The second-order valence-corrected chi connectivity index (χ2v) is 3.27. The van der Waals surface area contributed by atoms with Crippen molar-refractivity contribution in [2.75, 3.05) is 0 Å². The molecule has 0 amide bonds. The van der Waals surface area contributed by atoms with Crippen LogP contribution in [0.15, 0.2) is 39.5 Å². The lowest BCUT2D eigenvalue weighted by molar-refractivity contribution is 0.280. The minimum Gasteiger partial charge on any atom is -0.494 e. The molecule has 0 atom stereocenters. The first-order valence-electron chi connectivity index (χ1n) is 4.79. The summed E-state index contributed by atoms with van der Waals surface area (Å²) >= 11 is 0. The molecule has 0 aliphatic heterocycles. The summed E-state index contributed by atoms with van der Waals surface area (Å²) in [6.07, 6.45) is 1.34. The molecule has 1 heterocycles. The number of nitrogens with one attached hydrogen (secondary N) is 1. The van der Waals surface area contributed by atoms with Gasteiger partial charge in [0.25, 0.3) is 0 Å². The van der Waals surface area contributed by atoms with Crippen LogP contribution in [-0.4, -0.2) is 4.98 Å². The molecule has 4 heteroatoms. The number of oxazole rings is 1. The van der Waals surface area contributed by atoms with Gasteiger partial charge in [-0.3, -0.25) is 0 Å². The fraction of sp³-hybridized carbons (Fsp3) is 0.0833. The van der Waals surface area contributed by atoms with E-state index in [-0.39, 0.29) is 10.9 Å². The van der Waals surface area contributed by atoms with Crippen molar-refractivity contribution in [2.24, 2.45) is 0 Å². The fourth-order valence-electron chi connectivity index (χ4n) is 1.27. The SMILES string of the molecule is C=c1[nH]c(=COCc2ccccc2)c(=O)o1. The summed E-state index contributed by atoms with van der Waals surface area (Å²) < 4.78 is 9.94. The normalized spacial score (nSPS) is 11.6. The minimum absolute atomic E-state index is 0.222. The van der Waals surface area contributed by atoms with Crippen LogP contribution in [0.4, 0.5) is 0 Å². The maximum atomic E-state index is 11.1. The van der Waals surface area contributed by atoms with E-state index in [0.717, 1.165) is 5.56 Å². The molecular formula is C12H11NO3. The van der Waals surface area contributed by atoms with Gasteiger partial charge >= 0.3 is 5.63 Å². The molecule has 1 N–H and O–H groups in total. The van der Waals surface area contributed by atoms with E-state index in [2.05, 4.69) is 16.0 Å². The molecule has 0 radical (unpaired) electrons. The number of hydrogen-bond donors (Lipinski definition) is 1. The van der Waals surface area contributed by atoms with Gasteiger partial charge in [0.1, 0.15) is 12.9 Å². The van der Waals surface area contributed by atoms with E-state index in [9.17, 15) is 4.79 Å². The van der Waals surface area contributed by atoms with Crippen LogP contribution < -0.4 is 16.5 Å². The molecule has 0 bridgehead atoms. The number of H-pyrrole nitrogens is 1. The van der Waals surface area contributed by atoms with Gasteiger partial charge in [0.2, 0.25) is 0 Å². The molecule has 82 valence electrons. The predicted octanol–water partition coefficient (Wildman–Crippen LogP) is 0.333. The first-order chi connectivity index (χ1) is 7.75. The topological polar surface area (TPSA) is 55.2 Å². The Kier molecular flexibility index (Phi) is 2.91. The number of hydrogen-bond acceptors (Lipinski definition) is 3. The number of ether oxygens (including phenoxy) is 1. The molecule has 1 aromatic carbocycles. The van der Waals surface area contributed by atoms with Crippen LogP contribution in [0.2, 0.25) is 0 Å². The van der Waals surface area contributed by atoms with E-state index in [1.54, 1.807) is 0 Å². The van der Waals surface area contributed by atoms with Crippen LogP contribution in [-0.2, 0) is 11.3 Å². The quantitative estimate of drug-likeness (QED) is 0.806. The van der Waals surface area contributed by atoms with Gasteiger partial charge in [-0.15, -0.1) is 0 Å². The van der Waals surface area contributed by atoms with E-state index < -0.39 is 5.63 Å². The van der Waals surface area contributed by atoms with Crippen LogP contribution in [0.25, 0.3) is 12.8 Å². The van der Waals surface area contributed by atoms with Gasteiger partial charge in [0.05, 0.1) is 0 Å². The van der Waals surface area contributed by atoms with Gasteiger partial charge in [0, 0.05) is 0 Å². The zero-order valence-electron chi connectivity index (χ0n) is 8.60. The zero-order chi connectivity index (χ0) is 11.4. The Hall–Kier alpha value is -2.23. The van der Waals surface area contributed by atoms with Crippen LogP contribution in [0, 0.1) is 0 Å². The molecule has 0 saturated carbocycles. The molecule has 2 aromatic rings. The molecule has 0 aliphatic carbocycles. The third-order valence-electron chi connectivity index (χ3n) is 2.00. The van der Waals surface area contributed by atoms with Crippen molar-refractivity contribution in [3.63, 3.8) is 0 Å². The van der Waals surface area contributed by atoms with E-state index in [1.807, 2.05) is 30.3 Å². The van der Waals surface area contributed by atoms with Gasteiger partial charge in [-0.25, -0.2) is 4.79 Å². The number of benzene rings is 1. The summed E-state index contributed by atoms with van der Waals surface area (Å²) in [5, 5.41) is 0.265. The summed E-state index contributed by atoms with van der Waals surface area (Å²) in [5.41, 5.74) is 0.780. The van der Waals surface area contributed by atoms with Gasteiger partial charge in [0.15, 0.2) is 10.9 Å². The second kappa shape index (κ2) is 4.53. The highest BCUT2D eigenvalue weighted by Gasteiger charge is 1.94. The average Bonchev–Trinajstić information content (AvgIpc) is 2.59. The molecule has 0 fully saturated rings. The van der Waals surface area contributed by atoms with Crippen molar-refractivity contribution >= 4 is 12.8 Å². The van der Waals surface area contributed by atoms with Crippen LogP contribution in [0.3, 0.4) is 0 Å². The lowest BCUT2D eigenvalue weighted by atomic mass is 10.2. The molecule has 0 spiro atoms. The van der Waals surface area contributed by atoms with Crippen molar-refractivity contribution in [2.45, 2.75) is 6.61 Å². The third kappa shape index (κ3) is 2.42. The highest BCUT2D eigenvalue weighted by atomic mass is 16.5. The average molecular weight is 217 g/mol. The third-order valence-corrected chi connectivity index (χ3v) is 2.00. The fourth-order valence-corrected chi connectivity index (χ4v) is 1.27. The standard InChI is InChI=1S/C12H11NO3/c1-9-13-11(12(14)16-9)8-15-7-10-5-3-2-4-6-10/h2-6,8,13H,1,7H2. The van der Waals surface area contributed by atoms with E-state index in [0.29, 0.717) is 6.61 Å². The molecule has 0 aliphatic rings. The summed E-state index contributed by atoms with van der Waals surface area (Å²) in [7, 11) is 0. The minimum atomic E-state index is -0.474. The predicted molar refractivity (Wildman–Crippen MR) is 59.8 cm³/mol. The molecular weight excluding hydrogens is 206 g/mol. The van der Waals surface area contributed by atoms with Gasteiger partial charge in [-0.05, 0) is 12.1 Å². The molecule has 1 aromatic heterocycles. The Balaban J connectivity index is 2.08. The monoisotopic (exact) mass is 217 g/mol. The molecule has 2 rings (SSSR count). The molecule has 0 unspecified atom stereocenters. The lowest BCUT2D eigenvalue weighted by Crippen LogP contribution is -2.21. The lowest BCUT2D eigenvalue weighted by Gasteiger charge is -1.98. The number of aromatic amines is 1. The van der Waals surface area contributed by atoms with Crippen LogP contribution in [0.5, 0.6) is 0 Å². The molecule has 0 saturated heterocycles. The van der Waals surface area contributed by atoms with Crippen molar-refractivity contribution < 1.29 is 9.15 Å². The van der Waals surface area contributed by atoms with E-state index in [1.165, 1.54) is 6.26 Å². The Morgan fingerprint density at radius 1 is 1.38 bits per heavy atom. The van der Waals surface area contributed by atoms with Crippen LogP contribution >= 0.6 is 0 Å². The highest BCUT2D eigenvalue weighted by Crippen LogP contribution is 1.99. The zero-order valence-corrected chi connectivity index (χ0v) is 8.60. The van der Waals surface area contributed by atoms with Gasteiger partial charge < -0.3 is 14.1 Å². The summed E-state index contributed by atoms with van der Waals surface area (Å²) in [4.78, 5) is 13.8. The van der Waals surface area contributed by atoms with Crippen molar-refractivity contribution in [3.8, 4) is 0 Å². The molecule has 16 heavy (non-hydrogen) atoms. The van der Waals surface area contributed by atoms with E-state index >= 15 is 0 Å². The highest BCUT2D eigenvalue weighted by molar-refractivity contribution is 5.15. The Labute approximate surface area is 91.5 Å². The molecule has 4 nitrogen and oxygen atoms in total. The van der Waals surface area contributed by atoms with Crippen molar-refractivity contribution in [1.82, 2.24) is 4.98 Å². The first-order valence-corrected chi connectivity index (χ1v) is 4.79. The summed E-state index contributed by atoms with van der Waals surface area (Å²) in [6, 6.07) is 9.67. The van der Waals surface area contributed by atoms with Gasteiger partial charge in [-0.1, -0.05) is 30.3 Å². The number of rotatable bonds is 3. The smallest absolute Gasteiger partial charge is 0.364 e. The van der Waals surface area contributed by atoms with Gasteiger partial charge in [-0.2, -0.15) is 0 Å².